The molecule has 3 aliphatic rings. The molecule has 5 nitrogen and oxygen atoms in total. The van der Waals surface area contributed by atoms with Crippen LogP contribution >= 0.6 is 12.2 Å². The van der Waals surface area contributed by atoms with Crippen molar-refractivity contribution in [3.05, 3.63) is 35.4 Å². The number of carbonyl (C=O) groups is 3. The van der Waals surface area contributed by atoms with Crippen LogP contribution in [0.5, 0.6) is 0 Å². The zero-order chi connectivity index (χ0) is 19.0. The van der Waals surface area contributed by atoms with Gasteiger partial charge in [0.05, 0.1) is 18.0 Å². The van der Waals surface area contributed by atoms with Crippen LogP contribution in [0.1, 0.15) is 30.4 Å². The summed E-state index contributed by atoms with van der Waals surface area (Å²) in [5.74, 6) is -0.629. The first-order chi connectivity index (χ1) is 13.1. The Labute approximate surface area is 164 Å². The molecule has 2 unspecified atom stereocenters. The normalized spacial score (nSPS) is 30.2. The van der Waals surface area contributed by atoms with Crippen LogP contribution in [0, 0.1) is 11.8 Å². The predicted molar refractivity (Wildman–Crippen MR) is 106 cm³/mol. The van der Waals surface area contributed by atoms with Crippen LogP contribution in [0.15, 0.2) is 24.3 Å². The Balaban J connectivity index is 1.50. The molecule has 2 aliphatic heterocycles. The van der Waals surface area contributed by atoms with Crippen molar-refractivity contribution in [1.82, 2.24) is 10.2 Å². The minimum Gasteiger partial charge on any atom is -0.332 e. The second-order valence-electron chi connectivity index (χ2n) is 7.79. The number of Topliss-reactive ketones (excluding diaryl/α,β-unsaturated/α-hetero) is 1. The summed E-state index contributed by atoms with van der Waals surface area (Å²) in [7, 11) is 0. The summed E-state index contributed by atoms with van der Waals surface area (Å²) in [4.78, 5) is 40.0. The molecule has 1 aliphatic carbocycles. The fourth-order valence-electron chi connectivity index (χ4n) is 4.79. The number of hydrogen-bond donors (Lipinski definition) is 1. The van der Waals surface area contributed by atoms with Gasteiger partial charge in [0.15, 0.2) is 5.78 Å². The number of nitrogens with zero attached hydrogens (tertiary/aromatic N) is 1. The van der Waals surface area contributed by atoms with E-state index >= 15 is 0 Å². The number of hydrogen-bond acceptors (Lipinski definition) is 5. The molecule has 2 heterocycles. The standard InChI is InChI=1S/C21H24N2O3S/c24-12-16-19(18(27)11-22-16)20(25)17-6-3-9-23(17)21(26)15-8-7-13-4-1-2-5-14(13)10-15/h1-2,4-5,12,15-17,19,22H,3,6-11H2/t15?,16-,17+,19?/m1/s1. The maximum absolute atomic E-state index is 13.2. The van der Waals surface area contributed by atoms with E-state index in [2.05, 4.69) is 17.4 Å². The first-order valence-electron chi connectivity index (χ1n) is 9.72. The molecule has 2 saturated heterocycles. The number of aldehydes is 1. The van der Waals surface area contributed by atoms with Gasteiger partial charge in [0.1, 0.15) is 6.29 Å². The van der Waals surface area contributed by atoms with Crippen molar-refractivity contribution < 1.29 is 14.4 Å². The molecule has 1 aromatic carbocycles. The lowest BCUT2D eigenvalue weighted by Crippen LogP contribution is -2.49. The number of nitrogens with one attached hydrogen (secondary N) is 1. The number of benzene rings is 1. The van der Waals surface area contributed by atoms with Gasteiger partial charge in [0.2, 0.25) is 5.91 Å². The highest BCUT2D eigenvalue weighted by Crippen LogP contribution is 2.31. The Morgan fingerprint density at radius 3 is 2.74 bits per heavy atom. The highest BCUT2D eigenvalue weighted by molar-refractivity contribution is 7.80. The number of carbonyl (C=O) groups excluding carboxylic acids is 3. The van der Waals surface area contributed by atoms with Crippen LogP contribution in [0.2, 0.25) is 0 Å². The van der Waals surface area contributed by atoms with Gasteiger partial charge < -0.3 is 15.0 Å². The second-order valence-corrected chi connectivity index (χ2v) is 8.31. The van der Waals surface area contributed by atoms with Gasteiger partial charge in [-0.2, -0.15) is 0 Å². The van der Waals surface area contributed by atoms with Crippen molar-refractivity contribution in [3.63, 3.8) is 0 Å². The Morgan fingerprint density at radius 2 is 1.96 bits per heavy atom. The number of rotatable bonds is 4. The number of amides is 1. The molecule has 6 heteroatoms. The molecule has 27 heavy (non-hydrogen) atoms. The Bertz CT molecular complexity index is 793. The van der Waals surface area contributed by atoms with Gasteiger partial charge in [-0.3, -0.25) is 9.59 Å². The predicted octanol–water partition coefficient (Wildman–Crippen LogP) is 1.51. The smallest absolute Gasteiger partial charge is 0.226 e. The summed E-state index contributed by atoms with van der Waals surface area (Å²) < 4.78 is 0. The third-order valence-corrected chi connectivity index (χ3v) is 6.63. The molecule has 1 amide bonds. The van der Waals surface area contributed by atoms with E-state index < -0.39 is 18.0 Å². The summed E-state index contributed by atoms with van der Waals surface area (Å²) in [6.45, 7) is 1.03. The lowest BCUT2D eigenvalue weighted by atomic mass is 9.82. The molecular formula is C21H24N2O3S. The third kappa shape index (κ3) is 3.36. The molecule has 1 N–H and O–H groups in total. The minimum absolute atomic E-state index is 0.0656. The average Bonchev–Trinajstić information content (AvgIpc) is 3.33. The van der Waals surface area contributed by atoms with E-state index in [1.165, 1.54) is 11.1 Å². The molecule has 1 aromatic rings. The van der Waals surface area contributed by atoms with E-state index in [0.717, 1.165) is 32.0 Å². The maximum Gasteiger partial charge on any atom is 0.226 e. The minimum atomic E-state index is -0.581. The van der Waals surface area contributed by atoms with Crippen LogP contribution < -0.4 is 5.32 Å². The first-order valence-corrected chi connectivity index (χ1v) is 10.1. The largest absolute Gasteiger partial charge is 0.332 e. The number of thiocarbonyl (C=S) groups is 1. The van der Waals surface area contributed by atoms with Crippen molar-refractivity contribution in [2.45, 2.75) is 44.2 Å². The van der Waals surface area contributed by atoms with Crippen molar-refractivity contribution in [2.75, 3.05) is 13.1 Å². The Hall–Kier alpha value is -1.92. The van der Waals surface area contributed by atoms with Crippen molar-refractivity contribution in [3.8, 4) is 0 Å². The zero-order valence-corrected chi connectivity index (χ0v) is 16.0. The molecule has 2 fully saturated rings. The van der Waals surface area contributed by atoms with Crippen molar-refractivity contribution in [2.24, 2.45) is 11.8 Å². The van der Waals surface area contributed by atoms with E-state index in [-0.39, 0.29) is 17.6 Å². The van der Waals surface area contributed by atoms with Gasteiger partial charge in [0, 0.05) is 23.9 Å². The molecule has 0 bridgehead atoms. The summed E-state index contributed by atoms with van der Waals surface area (Å²) >= 11 is 5.32. The van der Waals surface area contributed by atoms with E-state index in [4.69, 9.17) is 12.2 Å². The lowest BCUT2D eigenvalue weighted by Gasteiger charge is -2.32. The van der Waals surface area contributed by atoms with Crippen LogP contribution in [-0.4, -0.2) is 52.9 Å². The number of likely N-dealkylation sites (tertiary alicyclic amines) is 1. The third-order valence-electron chi connectivity index (χ3n) is 6.23. The molecule has 4 atom stereocenters. The molecule has 4 rings (SSSR count). The lowest BCUT2D eigenvalue weighted by molar-refractivity contribution is -0.142. The van der Waals surface area contributed by atoms with Crippen LogP contribution in [0.3, 0.4) is 0 Å². The van der Waals surface area contributed by atoms with Crippen molar-refractivity contribution >= 4 is 35.1 Å². The molecule has 0 saturated carbocycles. The van der Waals surface area contributed by atoms with Gasteiger partial charge in [-0.15, -0.1) is 0 Å². The average molecular weight is 385 g/mol. The Morgan fingerprint density at radius 1 is 1.19 bits per heavy atom. The van der Waals surface area contributed by atoms with Gasteiger partial charge in [-0.25, -0.2) is 0 Å². The second kappa shape index (κ2) is 7.60. The van der Waals surface area contributed by atoms with Crippen LogP contribution in [-0.2, 0) is 27.2 Å². The highest BCUT2D eigenvalue weighted by Gasteiger charge is 2.45. The topological polar surface area (TPSA) is 66.5 Å². The van der Waals surface area contributed by atoms with Crippen LogP contribution in [0.4, 0.5) is 0 Å². The van der Waals surface area contributed by atoms with Gasteiger partial charge >= 0.3 is 0 Å². The summed E-state index contributed by atoms with van der Waals surface area (Å²) in [6, 6.07) is 7.29. The molecule has 142 valence electrons. The Kier molecular flexibility index (Phi) is 5.19. The monoisotopic (exact) mass is 384 g/mol. The van der Waals surface area contributed by atoms with Gasteiger partial charge in [-0.05, 0) is 43.2 Å². The van der Waals surface area contributed by atoms with E-state index in [1.807, 2.05) is 12.1 Å². The van der Waals surface area contributed by atoms with Crippen molar-refractivity contribution in [1.29, 1.82) is 0 Å². The molecule has 0 radical (unpaired) electrons. The van der Waals surface area contributed by atoms with Gasteiger partial charge in [-0.1, -0.05) is 36.5 Å². The number of fused-ring (bicyclic) bond motifs is 1. The SMILES string of the molecule is O=C[C@H]1NCC(=S)C1C(=O)[C@@H]1CCCN1C(=O)C1CCc2ccccc2C1. The quantitative estimate of drug-likeness (QED) is 0.630. The van der Waals surface area contributed by atoms with E-state index in [9.17, 15) is 14.4 Å². The maximum atomic E-state index is 13.2. The molecule has 0 aromatic heterocycles. The van der Waals surface area contributed by atoms with Crippen LogP contribution in [0.25, 0.3) is 0 Å². The highest BCUT2D eigenvalue weighted by atomic mass is 32.1. The number of aryl methyl sites for hydroxylation is 1. The summed E-state index contributed by atoms with van der Waals surface area (Å²) in [5.41, 5.74) is 2.57. The summed E-state index contributed by atoms with van der Waals surface area (Å²) in [6.07, 6.45) is 4.73. The summed E-state index contributed by atoms with van der Waals surface area (Å²) in [5, 5.41) is 3.00. The van der Waals surface area contributed by atoms with E-state index in [0.29, 0.717) is 24.4 Å². The first kappa shape index (κ1) is 18.4. The zero-order valence-electron chi connectivity index (χ0n) is 15.2. The van der Waals surface area contributed by atoms with E-state index in [1.54, 1.807) is 4.90 Å². The van der Waals surface area contributed by atoms with Gasteiger partial charge in [0.25, 0.3) is 0 Å². The molecule has 0 spiro atoms. The fraction of sp³-hybridized carbons (Fsp3) is 0.524. The fourth-order valence-corrected chi connectivity index (χ4v) is 5.13. The number of ketones is 1. The molecular weight excluding hydrogens is 360 g/mol.